The van der Waals surface area contributed by atoms with Crippen LogP contribution in [0, 0.1) is 89.1 Å². The van der Waals surface area contributed by atoms with Gasteiger partial charge in [-0.3, -0.25) is 0 Å². The van der Waals surface area contributed by atoms with Crippen molar-refractivity contribution >= 4 is 126 Å². The minimum Gasteiger partial charge on any atom is -0.432 e. The van der Waals surface area contributed by atoms with E-state index in [9.17, 15) is 4.39 Å². The van der Waals surface area contributed by atoms with Crippen LogP contribution < -0.4 is 30.7 Å². The van der Waals surface area contributed by atoms with E-state index < -0.39 is 0 Å². The number of halogens is 1. The molecule has 0 saturated carbocycles. The van der Waals surface area contributed by atoms with Crippen LogP contribution in [0.15, 0.2) is 399 Å². The smallest absolute Gasteiger partial charge is 0.266 e. The van der Waals surface area contributed by atoms with E-state index >= 15 is 0 Å². The zero-order valence-electron chi connectivity index (χ0n) is 82.2. The maximum atomic E-state index is 12.7. The number of thiocyanates is 2. The highest BCUT2D eigenvalue weighted by Crippen LogP contribution is 2.23. The lowest BCUT2D eigenvalue weighted by molar-refractivity contribution is 0.402. The molecule has 138 heavy (non-hydrogen) atoms. The average molecular weight is 1920 g/mol. The standard InChI is InChI=1S/C15H14FNOS.C14H13NOS.C11H7NS.C11H10.C10H15N.C9H9NS.C9H13N.2C9H12.C8H7NS.C8H7N.C8H11N/c1-2-11-3-7-13(8-4-11)17-15(19)18-14-9-5-12(16)6-10-14;1-11-7-9-12(10-8-11)15-14(17)16-13-5-3-2-4-6-13;13-8-12-11-6-5-9-3-1-2-4-10(9)7-11;1-9-5-4-7-10-6-2-3-8-11(9)10;1-9-4-6-10(7-5-9)8-11(2)3;10-8-11-7-6-9-4-2-1-3-5-9;1-8-4-6-9(7-5-8)10(2)3;1-3-9-6-4-8(2)5-7-9;1-3-9-6-4-5-8(2)7-9;9-7-10-6-8-4-2-1-3-5-8;1-7-3-5-8(9-2)6-4-7;1-7-2-4-8(6-9)5-3-7/h3-10H,2H2,1H3,(H,17,19);2-10H,1H3,(H,15,17);1-7H;2-8H,1H3;4-7H,8H2,1-3H3;1-5H,6-7H2;4-7H,1-3H3;2*4-7H,3H2,1-2H3;1-5H,6H2;3-6H,1H3;2-5H,6,9H2,1H3. The Hall–Kier alpha value is -14.0. The Morgan fingerprint density at radius 3 is 1.27 bits per heavy atom. The molecule has 0 fully saturated rings. The average Bonchev–Trinajstić information content (AvgIpc) is 0.843. The van der Waals surface area contributed by atoms with Crippen molar-refractivity contribution in [3.63, 3.8) is 0 Å². The number of aryl methyl sites for hydroxylation is 12. The number of nitriles is 2. The number of ether oxygens (including phenoxy) is 2. The molecule has 0 heterocycles. The van der Waals surface area contributed by atoms with Crippen molar-refractivity contribution in [1.82, 2.24) is 4.90 Å². The molecule has 0 aliphatic carbocycles. The van der Waals surface area contributed by atoms with Gasteiger partial charge >= 0.3 is 0 Å². The van der Waals surface area contributed by atoms with Crippen LogP contribution in [0.2, 0.25) is 0 Å². The van der Waals surface area contributed by atoms with Gasteiger partial charge in [0.1, 0.15) is 28.1 Å². The largest absolute Gasteiger partial charge is 0.432 e. The van der Waals surface area contributed by atoms with Crippen LogP contribution in [-0.4, -0.2) is 54.4 Å². The number of fused-ring (bicyclic) bond motifs is 2. The van der Waals surface area contributed by atoms with Crippen LogP contribution >= 0.6 is 60.2 Å². The van der Waals surface area contributed by atoms with Gasteiger partial charge in [0.25, 0.3) is 10.3 Å². The van der Waals surface area contributed by atoms with E-state index in [2.05, 4.69) is 318 Å². The quantitative estimate of drug-likeness (QED) is 0.0262. The first-order chi connectivity index (χ1) is 66.7. The highest BCUT2D eigenvalue weighted by molar-refractivity contribution is 8.03. The van der Waals surface area contributed by atoms with Gasteiger partial charge in [0.2, 0.25) is 0 Å². The van der Waals surface area contributed by atoms with E-state index in [1.165, 1.54) is 158 Å². The summed E-state index contributed by atoms with van der Waals surface area (Å²) in [4.78, 5) is 11.5. The van der Waals surface area contributed by atoms with Crippen LogP contribution in [-0.2, 0) is 44.5 Å². The number of nitrogens with zero attached hydrogens (tertiary/aromatic N) is 6. The van der Waals surface area contributed by atoms with E-state index in [1.807, 2.05) is 215 Å². The van der Waals surface area contributed by atoms with Crippen molar-refractivity contribution < 1.29 is 13.9 Å². The van der Waals surface area contributed by atoms with E-state index in [0.717, 1.165) is 66.5 Å². The van der Waals surface area contributed by atoms with Gasteiger partial charge in [-0.15, -0.1) is 0 Å². The fraction of sp³-hybridized carbons (Fsp3) is 0.190. The third kappa shape index (κ3) is 51.1. The topological polar surface area (TPSA) is 139 Å². The van der Waals surface area contributed by atoms with Crippen molar-refractivity contribution in [2.75, 3.05) is 49.5 Å². The van der Waals surface area contributed by atoms with Crippen LogP contribution in [0.4, 0.5) is 32.8 Å². The van der Waals surface area contributed by atoms with E-state index in [-0.39, 0.29) is 11.0 Å². The van der Waals surface area contributed by atoms with Crippen LogP contribution in [0.1, 0.15) is 104 Å². The summed E-state index contributed by atoms with van der Waals surface area (Å²) in [5.41, 5.74) is 29.6. The van der Waals surface area contributed by atoms with Crippen molar-refractivity contribution in [3.05, 3.63) is 495 Å². The SMILES string of the molecule is CCc1ccc(C)cc1.CCc1ccc(NC(=S)Oc2ccc(F)cc2)cc1.CCc1cccc(C)c1.Cc1ccc(CN(C)C)cc1.Cc1ccc(CN)cc1.Cc1ccc(N(C)C)cc1.Cc1ccc(NC(=S)Oc2ccccc2)cc1.Cc1cccc2ccccc12.N#CSCCc1ccccc1.N#CSCc1ccccc1.S=C=Nc1ccc2ccccc2c1.[C-]#[N+]c1ccc(C)cc1. The number of thioether (sulfide) groups is 2. The van der Waals surface area contributed by atoms with Gasteiger partial charge in [0, 0.05) is 55.8 Å². The number of isothiocyanates is 1. The Balaban J connectivity index is 0.000000268. The molecule has 708 valence electrons. The number of nitrogens with two attached hydrogens (primary N) is 1. The summed E-state index contributed by atoms with van der Waals surface area (Å²) < 4.78 is 23.6. The summed E-state index contributed by atoms with van der Waals surface area (Å²) in [5, 5.41) is 34.6. The molecule has 11 nitrogen and oxygen atoms in total. The monoisotopic (exact) mass is 1920 g/mol. The van der Waals surface area contributed by atoms with Gasteiger partial charge in [-0.2, -0.15) is 15.5 Å². The van der Waals surface area contributed by atoms with Crippen molar-refractivity contribution in [2.24, 2.45) is 10.7 Å². The number of rotatable bonds is 17. The highest BCUT2D eigenvalue weighted by atomic mass is 32.2. The first kappa shape index (κ1) is 115. The third-order valence-corrected chi connectivity index (χ3v) is 21.7. The lowest BCUT2D eigenvalue weighted by Gasteiger charge is -2.11. The lowest BCUT2D eigenvalue weighted by Crippen LogP contribution is -2.16. The van der Waals surface area contributed by atoms with Gasteiger partial charge in [0.05, 0.1) is 17.4 Å². The second-order valence-corrected chi connectivity index (χ2v) is 34.6. The number of benzene rings is 16. The summed E-state index contributed by atoms with van der Waals surface area (Å²) in [6, 6.07) is 130. The van der Waals surface area contributed by atoms with Gasteiger partial charge in [0.15, 0.2) is 5.69 Å². The van der Waals surface area contributed by atoms with Gasteiger partial charge in [-0.25, -0.2) is 9.24 Å². The number of aliphatic imine (C=N–C) groups is 1. The Labute approximate surface area is 846 Å². The molecule has 16 aromatic rings. The first-order valence-electron chi connectivity index (χ1n) is 45.5. The second kappa shape index (κ2) is 68.9. The summed E-state index contributed by atoms with van der Waals surface area (Å²) in [6.45, 7) is 31.5. The predicted molar refractivity (Wildman–Crippen MR) is 604 cm³/mol. The van der Waals surface area contributed by atoms with Gasteiger partial charge in [-0.1, -0.05) is 369 Å². The van der Waals surface area contributed by atoms with E-state index in [4.69, 9.17) is 56.7 Å². The molecule has 0 amide bonds. The molecule has 16 aromatic carbocycles. The molecule has 0 unspecified atom stereocenters. The highest BCUT2D eigenvalue weighted by Gasteiger charge is 2.05. The summed E-state index contributed by atoms with van der Waals surface area (Å²) in [6.07, 6.45) is 4.26. The zero-order chi connectivity index (χ0) is 100. The maximum Gasteiger partial charge on any atom is 0.266 e. The van der Waals surface area contributed by atoms with Gasteiger partial charge in [-0.05, 0) is 306 Å². The summed E-state index contributed by atoms with van der Waals surface area (Å²) in [7, 11) is 8.26. The molecule has 0 spiro atoms. The van der Waals surface area contributed by atoms with Gasteiger partial charge < -0.3 is 35.6 Å². The number of thiocarbonyl (C=S) groups is 3. The number of anilines is 3. The predicted octanol–water partition coefficient (Wildman–Crippen LogP) is 32.7. The number of para-hydroxylation sites is 1. The number of nitrogens with one attached hydrogen (secondary N) is 2. The molecular formula is C121H130FN9O2S5. The van der Waals surface area contributed by atoms with Crippen molar-refractivity contribution in [1.29, 1.82) is 10.5 Å². The summed E-state index contributed by atoms with van der Waals surface area (Å²) in [5.74, 6) is 2.61. The second-order valence-electron chi connectivity index (χ2n) is 32.1. The molecule has 17 heteroatoms. The maximum absolute atomic E-state index is 12.7. The van der Waals surface area contributed by atoms with Crippen LogP contribution in [0.5, 0.6) is 11.5 Å². The molecule has 0 aliphatic heterocycles. The Morgan fingerprint density at radius 2 is 0.812 bits per heavy atom. The van der Waals surface area contributed by atoms with E-state index in [0.29, 0.717) is 23.2 Å². The lowest BCUT2D eigenvalue weighted by atomic mass is 10.1. The molecular weight excluding hydrogens is 1790 g/mol. The van der Waals surface area contributed by atoms with Crippen LogP contribution in [0.25, 0.3) is 26.4 Å². The van der Waals surface area contributed by atoms with Crippen LogP contribution in [0.3, 0.4) is 0 Å². The van der Waals surface area contributed by atoms with Crippen molar-refractivity contribution in [3.8, 4) is 22.3 Å². The summed E-state index contributed by atoms with van der Waals surface area (Å²) >= 11 is 17.3. The minimum absolute atomic E-state index is 0.232. The fourth-order valence-corrected chi connectivity index (χ4v) is 13.6. The molecule has 0 atom stereocenters. The first-order valence-corrected chi connectivity index (χ1v) is 48.7. The molecule has 0 aliphatic rings. The molecule has 0 aromatic heterocycles. The Kier molecular flexibility index (Phi) is 57.2. The molecule has 4 N–H and O–H groups in total. The number of hydrogen-bond acceptors (Lipinski definition) is 13. The molecule has 16 rings (SSSR count). The zero-order valence-corrected chi connectivity index (χ0v) is 86.3. The fourth-order valence-electron chi connectivity index (χ4n) is 12.2. The molecule has 0 bridgehead atoms. The number of hydrogen-bond donors (Lipinski definition) is 3. The Morgan fingerprint density at radius 1 is 0.406 bits per heavy atom. The minimum atomic E-state index is -0.304. The van der Waals surface area contributed by atoms with Crippen molar-refractivity contribution in [2.45, 2.75) is 121 Å². The molecule has 0 radical (unpaired) electrons. The van der Waals surface area contributed by atoms with E-state index in [1.54, 1.807) is 0 Å². The Bertz CT molecular complexity index is 6220. The third-order valence-electron chi connectivity index (χ3n) is 20.1. The normalized spacial score (nSPS) is 9.59. The molecule has 0 saturated heterocycles.